The van der Waals surface area contributed by atoms with Crippen LogP contribution in [0.15, 0.2) is 59.4 Å². The van der Waals surface area contributed by atoms with Crippen molar-refractivity contribution in [3.63, 3.8) is 0 Å². The van der Waals surface area contributed by atoms with E-state index in [1.807, 2.05) is 47.0 Å². The zero-order valence-corrected chi connectivity index (χ0v) is 22.4. The zero-order valence-electron chi connectivity index (χ0n) is 22.4. The molecule has 9 heteroatoms. The van der Waals surface area contributed by atoms with Crippen LogP contribution in [-0.4, -0.2) is 78.0 Å². The molecule has 2 fully saturated rings. The first-order chi connectivity index (χ1) is 18.7. The second-order valence-electron chi connectivity index (χ2n) is 11.1. The summed E-state index contributed by atoms with van der Waals surface area (Å²) in [5.41, 5.74) is 0.257. The SMILES string of the molecule is COc1ccc2ccccc2c1CC1(CN2CC3CC(C2)c2cccc(=O)n2C3)C(=O)N(C)C(=O)N(C)C1=O. The molecule has 0 spiro atoms. The number of pyridine rings is 1. The highest BCUT2D eigenvalue weighted by Gasteiger charge is 2.57. The van der Waals surface area contributed by atoms with E-state index in [0.717, 1.165) is 38.3 Å². The number of rotatable bonds is 5. The monoisotopic (exact) mass is 528 g/mol. The second kappa shape index (κ2) is 9.34. The molecule has 3 aliphatic heterocycles. The number of benzene rings is 2. The predicted octanol–water partition coefficient (Wildman–Crippen LogP) is 2.71. The summed E-state index contributed by atoms with van der Waals surface area (Å²) in [4.78, 5) is 57.7. The maximum Gasteiger partial charge on any atom is 0.332 e. The van der Waals surface area contributed by atoms with Crippen molar-refractivity contribution in [2.75, 3.05) is 40.8 Å². The van der Waals surface area contributed by atoms with E-state index in [1.54, 1.807) is 19.2 Å². The Labute approximate surface area is 226 Å². The molecule has 2 unspecified atom stereocenters. The number of urea groups is 1. The molecule has 202 valence electrons. The van der Waals surface area contributed by atoms with Crippen LogP contribution in [0.2, 0.25) is 0 Å². The lowest BCUT2D eigenvalue weighted by Gasteiger charge is -2.48. The molecule has 2 bridgehead atoms. The van der Waals surface area contributed by atoms with Crippen molar-refractivity contribution in [2.24, 2.45) is 11.3 Å². The minimum Gasteiger partial charge on any atom is -0.496 e. The number of hydrogen-bond acceptors (Lipinski definition) is 6. The fourth-order valence-corrected chi connectivity index (χ4v) is 6.97. The minimum absolute atomic E-state index is 0.00886. The van der Waals surface area contributed by atoms with Crippen LogP contribution in [-0.2, 0) is 22.6 Å². The number of hydrogen-bond donors (Lipinski definition) is 0. The highest BCUT2D eigenvalue weighted by atomic mass is 16.5. The third kappa shape index (κ3) is 3.95. The van der Waals surface area contributed by atoms with Gasteiger partial charge in [0.1, 0.15) is 11.2 Å². The molecule has 0 saturated carbocycles. The Morgan fingerprint density at radius 1 is 0.872 bits per heavy atom. The standard InChI is InChI=1S/C30H32N4O5/c1-31-27(36)30(28(37)32(2)29(31)38,14-23-22-8-5-4-7-20(22)11-12-25(23)39-3)18-33-15-19-13-21(17-33)24-9-6-10-26(35)34(24)16-19/h4-12,19,21H,13-18H2,1-3H3. The molecular weight excluding hydrogens is 496 g/mol. The number of nitrogens with zero attached hydrogens (tertiary/aromatic N) is 4. The topological polar surface area (TPSA) is 92.2 Å². The van der Waals surface area contributed by atoms with Crippen molar-refractivity contribution in [2.45, 2.75) is 25.3 Å². The Hall–Kier alpha value is -3.98. The number of carbonyl (C=O) groups is 3. The van der Waals surface area contributed by atoms with Crippen molar-refractivity contribution in [3.8, 4) is 5.75 Å². The van der Waals surface area contributed by atoms with Gasteiger partial charge in [-0.3, -0.25) is 24.2 Å². The van der Waals surface area contributed by atoms with Gasteiger partial charge in [-0.15, -0.1) is 0 Å². The summed E-state index contributed by atoms with van der Waals surface area (Å²) < 4.78 is 7.59. The molecule has 4 heterocycles. The van der Waals surface area contributed by atoms with E-state index >= 15 is 0 Å². The lowest BCUT2D eigenvalue weighted by molar-refractivity contribution is -0.159. The van der Waals surface area contributed by atoms with Gasteiger partial charge in [0.05, 0.1) is 7.11 Å². The highest BCUT2D eigenvalue weighted by molar-refractivity contribution is 6.19. The number of aromatic nitrogens is 1. The summed E-state index contributed by atoms with van der Waals surface area (Å²) in [6, 6.07) is 16.4. The maximum absolute atomic E-state index is 14.1. The van der Waals surface area contributed by atoms with Crippen molar-refractivity contribution < 1.29 is 19.1 Å². The number of methoxy groups -OCH3 is 1. The van der Waals surface area contributed by atoms with Gasteiger partial charge >= 0.3 is 6.03 Å². The van der Waals surface area contributed by atoms with Gasteiger partial charge in [0, 0.05) is 69.9 Å². The number of likely N-dealkylation sites (tertiary alicyclic amines) is 1. The fourth-order valence-electron chi connectivity index (χ4n) is 6.97. The first-order valence-corrected chi connectivity index (χ1v) is 13.3. The zero-order chi connectivity index (χ0) is 27.5. The molecule has 0 aliphatic carbocycles. The van der Waals surface area contributed by atoms with Gasteiger partial charge in [-0.25, -0.2) is 4.79 Å². The summed E-state index contributed by atoms with van der Waals surface area (Å²) in [7, 11) is 4.46. The molecule has 9 nitrogen and oxygen atoms in total. The average molecular weight is 529 g/mol. The van der Waals surface area contributed by atoms with E-state index in [-0.39, 0.29) is 30.4 Å². The number of imide groups is 2. The molecule has 3 aromatic rings. The molecule has 0 radical (unpaired) electrons. The van der Waals surface area contributed by atoms with Gasteiger partial charge in [-0.1, -0.05) is 36.4 Å². The summed E-state index contributed by atoms with van der Waals surface area (Å²) in [5, 5.41) is 1.88. The van der Waals surface area contributed by atoms with E-state index in [1.165, 1.54) is 14.1 Å². The Kier molecular flexibility index (Phi) is 6.06. The normalized spacial score (nSPS) is 22.8. The third-order valence-electron chi connectivity index (χ3n) is 8.75. The molecule has 1 aromatic heterocycles. The van der Waals surface area contributed by atoms with Gasteiger partial charge in [0.2, 0.25) is 11.8 Å². The van der Waals surface area contributed by atoms with Gasteiger partial charge < -0.3 is 14.2 Å². The molecule has 0 N–H and O–H groups in total. The predicted molar refractivity (Wildman–Crippen MR) is 146 cm³/mol. The number of barbiturate groups is 1. The van der Waals surface area contributed by atoms with Crippen LogP contribution in [0.1, 0.15) is 23.6 Å². The van der Waals surface area contributed by atoms with E-state index in [2.05, 4.69) is 4.90 Å². The quantitative estimate of drug-likeness (QED) is 0.473. The van der Waals surface area contributed by atoms with E-state index in [9.17, 15) is 19.2 Å². The number of carbonyl (C=O) groups excluding carboxylic acids is 3. The van der Waals surface area contributed by atoms with Gasteiger partial charge in [-0.05, 0) is 35.2 Å². The molecular formula is C30H32N4O5. The summed E-state index contributed by atoms with van der Waals surface area (Å²) in [6.07, 6.45) is 1.06. The summed E-state index contributed by atoms with van der Waals surface area (Å²) in [6.45, 7) is 2.07. The number of amides is 4. The smallest absolute Gasteiger partial charge is 0.332 e. The maximum atomic E-state index is 14.1. The van der Waals surface area contributed by atoms with Gasteiger partial charge in [0.25, 0.3) is 5.56 Å². The van der Waals surface area contributed by atoms with Crippen molar-refractivity contribution >= 4 is 28.6 Å². The largest absolute Gasteiger partial charge is 0.496 e. The molecule has 2 aromatic carbocycles. The van der Waals surface area contributed by atoms with Crippen molar-refractivity contribution in [1.29, 1.82) is 0 Å². The van der Waals surface area contributed by atoms with Crippen molar-refractivity contribution in [3.05, 3.63) is 76.2 Å². The van der Waals surface area contributed by atoms with Crippen LogP contribution < -0.4 is 10.3 Å². The fraction of sp³-hybridized carbons (Fsp3) is 0.400. The molecule has 2 saturated heterocycles. The number of ether oxygens (including phenoxy) is 1. The third-order valence-corrected chi connectivity index (χ3v) is 8.75. The second-order valence-corrected chi connectivity index (χ2v) is 11.1. The first-order valence-electron chi connectivity index (χ1n) is 13.3. The van der Waals surface area contributed by atoms with Crippen LogP contribution in [0.25, 0.3) is 10.8 Å². The minimum atomic E-state index is -1.52. The summed E-state index contributed by atoms with van der Waals surface area (Å²) in [5.74, 6) is -0.0524. The number of piperidine rings is 1. The van der Waals surface area contributed by atoms with Crippen LogP contribution in [0.4, 0.5) is 4.79 Å². The lowest BCUT2D eigenvalue weighted by Crippen LogP contribution is -2.67. The van der Waals surface area contributed by atoms with Crippen molar-refractivity contribution in [1.82, 2.24) is 19.3 Å². The van der Waals surface area contributed by atoms with Crippen LogP contribution in [0.5, 0.6) is 5.75 Å². The molecule has 4 amide bonds. The average Bonchev–Trinajstić information content (AvgIpc) is 2.94. The van der Waals surface area contributed by atoms with Crippen LogP contribution in [0.3, 0.4) is 0 Å². The lowest BCUT2D eigenvalue weighted by atomic mass is 9.74. The summed E-state index contributed by atoms with van der Waals surface area (Å²) >= 11 is 0. The van der Waals surface area contributed by atoms with E-state index in [4.69, 9.17) is 4.74 Å². The molecule has 39 heavy (non-hydrogen) atoms. The van der Waals surface area contributed by atoms with Gasteiger partial charge in [0.15, 0.2) is 0 Å². The molecule has 3 aliphatic rings. The Balaban J connectivity index is 1.44. The Bertz CT molecular complexity index is 1540. The first kappa shape index (κ1) is 25.3. The highest BCUT2D eigenvalue weighted by Crippen LogP contribution is 2.41. The van der Waals surface area contributed by atoms with Gasteiger partial charge in [-0.2, -0.15) is 0 Å². The van der Waals surface area contributed by atoms with Crippen LogP contribution in [0, 0.1) is 11.3 Å². The van der Waals surface area contributed by atoms with E-state index < -0.39 is 23.3 Å². The molecule has 2 atom stereocenters. The van der Waals surface area contributed by atoms with E-state index in [0.29, 0.717) is 25.4 Å². The Morgan fingerprint density at radius 3 is 2.36 bits per heavy atom. The van der Waals surface area contributed by atoms with Crippen LogP contribution >= 0.6 is 0 Å². The Morgan fingerprint density at radius 2 is 1.62 bits per heavy atom. The molecule has 6 rings (SSSR count). The number of fused-ring (bicyclic) bond motifs is 5.